The molecule has 0 unspecified atom stereocenters. The maximum atomic E-state index is 9.28. The number of hydrogen-bond donors (Lipinski definition) is 1. The van der Waals surface area contributed by atoms with Crippen LogP contribution in [0.5, 0.6) is 5.75 Å². The molecule has 22 heavy (non-hydrogen) atoms. The van der Waals surface area contributed by atoms with E-state index in [1.165, 1.54) is 5.46 Å². The van der Waals surface area contributed by atoms with E-state index >= 15 is 0 Å². The summed E-state index contributed by atoms with van der Waals surface area (Å²) in [5, 5.41) is 9.35. The molecule has 1 aliphatic rings. The van der Waals surface area contributed by atoms with E-state index in [0.29, 0.717) is 5.92 Å². The van der Waals surface area contributed by atoms with Crippen molar-refractivity contribution in [2.45, 2.75) is 66.1 Å². The van der Waals surface area contributed by atoms with E-state index in [-0.39, 0.29) is 11.9 Å². The standard InChI is InChI=1S/C15H22BO2.2C2H6/c1-12(2)7-10-18-14-5-3-13(4-6-14)16-15(11-17)8-9-15;2*1-2/h3-6,12,17H,7-11H2,1-2H3;2*1-2H3. The van der Waals surface area contributed by atoms with E-state index in [0.717, 1.165) is 31.6 Å². The minimum atomic E-state index is 0.0695. The third kappa shape index (κ3) is 7.88. The van der Waals surface area contributed by atoms with Crippen LogP contribution in [0.15, 0.2) is 24.3 Å². The molecule has 0 heterocycles. The Labute approximate surface area is 138 Å². The summed E-state index contributed by atoms with van der Waals surface area (Å²) in [5.74, 6) is 1.61. The van der Waals surface area contributed by atoms with Gasteiger partial charge < -0.3 is 9.84 Å². The second-order valence-corrected chi connectivity index (χ2v) is 5.76. The van der Waals surface area contributed by atoms with Crippen LogP contribution in [0, 0.1) is 5.92 Å². The van der Waals surface area contributed by atoms with Crippen LogP contribution < -0.4 is 10.2 Å². The topological polar surface area (TPSA) is 29.5 Å². The Balaban J connectivity index is 0.00000102. The van der Waals surface area contributed by atoms with E-state index in [2.05, 4.69) is 33.3 Å². The summed E-state index contributed by atoms with van der Waals surface area (Å²) in [7, 11) is 2.19. The van der Waals surface area contributed by atoms with Gasteiger partial charge >= 0.3 is 0 Å². The molecule has 0 amide bonds. The van der Waals surface area contributed by atoms with Crippen LogP contribution in [0.25, 0.3) is 0 Å². The summed E-state index contributed by atoms with van der Waals surface area (Å²) in [4.78, 5) is 0. The molecule has 1 radical (unpaired) electrons. The molecule has 1 aliphatic carbocycles. The van der Waals surface area contributed by atoms with Crippen LogP contribution in [-0.2, 0) is 0 Å². The number of hydrogen-bond acceptors (Lipinski definition) is 2. The van der Waals surface area contributed by atoms with E-state index in [4.69, 9.17) is 4.74 Å². The Morgan fingerprint density at radius 2 is 1.64 bits per heavy atom. The SMILES string of the molecule is CC.CC.CC(C)CCOc1ccc([B]C2(CO)CC2)cc1. The second kappa shape index (κ2) is 11.6. The van der Waals surface area contributed by atoms with Crippen LogP contribution in [0.4, 0.5) is 0 Å². The van der Waals surface area contributed by atoms with Crippen molar-refractivity contribution in [2.24, 2.45) is 5.92 Å². The fourth-order valence-electron chi connectivity index (χ4n) is 1.93. The largest absolute Gasteiger partial charge is 0.494 e. The van der Waals surface area contributed by atoms with Crippen molar-refractivity contribution in [1.82, 2.24) is 0 Å². The Bertz CT molecular complexity index is 370. The zero-order valence-corrected chi connectivity index (χ0v) is 15.4. The summed E-state index contributed by atoms with van der Waals surface area (Å²) in [6.07, 6.45) is 3.30. The molecule has 1 saturated carbocycles. The second-order valence-electron chi connectivity index (χ2n) is 5.76. The zero-order valence-electron chi connectivity index (χ0n) is 15.4. The van der Waals surface area contributed by atoms with Crippen molar-refractivity contribution < 1.29 is 9.84 Å². The van der Waals surface area contributed by atoms with Crippen molar-refractivity contribution >= 4 is 12.7 Å². The van der Waals surface area contributed by atoms with Crippen molar-refractivity contribution in [1.29, 1.82) is 0 Å². The lowest BCUT2D eigenvalue weighted by atomic mass is 9.56. The molecule has 0 aromatic heterocycles. The molecule has 1 fully saturated rings. The summed E-state index contributed by atoms with van der Waals surface area (Å²) in [6.45, 7) is 13.4. The minimum absolute atomic E-state index is 0.0695. The van der Waals surface area contributed by atoms with Crippen LogP contribution in [-0.4, -0.2) is 25.6 Å². The first-order valence-corrected chi connectivity index (χ1v) is 8.83. The van der Waals surface area contributed by atoms with Gasteiger partial charge in [-0.2, -0.15) is 0 Å². The third-order valence-corrected chi connectivity index (χ3v) is 3.52. The fraction of sp³-hybridized carbons (Fsp3) is 0.684. The highest BCUT2D eigenvalue weighted by Crippen LogP contribution is 2.51. The molecule has 1 N–H and O–H groups in total. The van der Waals surface area contributed by atoms with Gasteiger partial charge in [-0.1, -0.05) is 72.0 Å². The predicted octanol–water partition coefficient (Wildman–Crippen LogP) is 4.44. The van der Waals surface area contributed by atoms with Gasteiger partial charge in [0.05, 0.1) is 6.61 Å². The molecule has 0 bridgehead atoms. The molecule has 0 aliphatic heterocycles. The molecule has 1 aromatic carbocycles. The molecule has 0 atom stereocenters. The molecule has 0 spiro atoms. The highest BCUT2D eigenvalue weighted by atomic mass is 16.5. The maximum Gasteiger partial charge on any atom is 0.161 e. The summed E-state index contributed by atoms with van der Waals surface area (Å²) in [5.41, 5.74) is 1.18. The highest BCUT2D eigenvalue weighted by molar-refractivity contribution is 6.57. The van der Waals surface area contributed by atoms with Crippen molar-refractivity contribution in [3.8, 4) is 5.75 Å². The Hall–Kier alpha value is -0.955. The zero-order chi connectivity index (χ0) is 17.0. The molecule has 2 nitrogen and oxygen atoms in total. The van der Waals surface area contributed by atoms with Gasteiger partial charge in [-0.3, -0.25) is 0 Å². The average molecular weight is 305 g/mol. The molecule has 2 rings (SSSR count). The minimum Gasteiger partial charge on any atom is -0.494 e. The summed E-state index contributed by atoms with van der Waals surface area (Å²) >= 11 is 0. The highest BCUT2D eigenvalue weighted by Gasteiger charge is 2.42. The number of aliphatic hydroxyl groups is 1. The van der Waals surface area contributed by atoms with Crippen LogP contribution >= 0.6 is 0 Å². The lowest BCUT2D eigenvalue weighted by Gasteiger charge is -2.11. The predicted molar refractivity (Wildman–Crippen MR) is 98.5 cm³/mol. The van der Waals surface area contributed by atoms with Gasteiger partial charge in [0.25, 0.3) is 0 Å². The van der Waals surface area contributed by atoms with Gasteiger partial charge in [-0.25, -0.2) is 0 Å². The quantitative estimate of drug-likeness (QED) is 0.755. The van der Waals surface area contributed by atoms with E-state index < -0.39 is 0 Å². The monoisotopic (exact) mass is 305 g/mol. The Kier molecular flexibility index (Phi) is 11.1. The van der Waals surface area contributed by atoms with E-state index in [1.54, 1.807) is 0 Å². The normalized spacial score (nSPS) is 14.2. The average Bonchev–Trinajstić information content (AvgIpc) is 3.33. The van der Waals surface area contributed by atoms with Crippen LogP contribution in [0.2, 0.25) is 5.31 Å². The smallest absolute Gasteiger partial charge is 0.161 e. The van der Waals surface area contributed by atoms with Gasteiger partial charge in [0.2, 0.25) is 0 Å². The first-order valence-electron chi connectivity index (χ1n) is 8.83. The summed E-state index contributed by atoms with van der Waals surface area (Å²) < 4.78 is 5.68. The van der Waals surface area contributed by atoms with E-state index in [1.807, 2.05) is 39.8 Å². The molecule has 125 valence electrons. The molecular formula is C19H34BO2. The Morgan fingerprint density at radius 3 is 2.05 bits per heavy atom. The third-order valence-electron chi connectivity index (χ3n) is 3.52. The summed E-state index contributed by atoms with van der Waals surface area (Å²) in [6, 6.07) is 8.17. The van der Waals surface area contributed by atoms with E-state index in [9.17, 15) is 5.11 Å². The van der Waals surface area contributed by atoms with Crippen molar-refractivity contribution in [2.75, 3.05) is 13.2 Å². The van der Waals surface area contributed by atoms with Crippen LogP contribution in [0.1, 0.15) is 60.8 Å². The molecular weight excluding hydrogens is 271 g/mol. The van der Waals surface area contributed by atoms with Gasteiger partial charge in [-0.05, 0) is 29.8 Å². The number of rotatable bonds is 7. The van der Waals surface area contributed by atoms with Gasteiger partial charge in [0, 0.05) is 6.61 Å². The van der Waals surface area contributed by atoms with Gasteiger partial charge in [0.15, 0.2) is 7.28 Å². The molecule has 1 aromatic rings. The number of aliphatic hydroxyl groups excluding tert-OH is 1. The Morgan fingerprint density at radius 1 is 1.09 bits per heavy atom. The first-order chi connectivity index (χ1) is 10.6. The maximum absolute atomic E-state index is 9.28. The molecule has 3 heteroatoms. The lowest BCUT2D eigenvalue weighted by Crippen LogP contribution is -2.22. The number of ether oxygens (including phenoxy) is 1. The van der Waals surface area contributed by atoms with Gasteiger partial charge in [0.1, 0.15) is 5.75 Å². The lowest BCUT2D eigenvalue weighted by molar-refractivity contribution is 0.282. The van der Waals surface area contributed by atoms with Crippen LogP contribution in [0.3, 0.4) is 0 Å². The van der Waals surface area contributed by atoms with Gasteiger partial charge in [-0.15, -0.1) is 0 Å². The van der Waals surface area contributed by atoms with Crippen molar-refractivity contribution in [3.05, 3.63) is 24.3 Å². The fourth-order valence-corrected chi connectivity index (χ4v) is 1.93. The first kappa shape index (κ1) is 21.0. The van der Waals surface area contributed by atoms with Crippen molar-refractivity contribution in [3.63, 3.8) is 0 Å². The molecule has 0 saturated heterocycles. The number of benzene rings is 1.